The lowest BCUT2D eigenvalue weighted by Gasteiger charge is -2.20. The van der Waals surface area contributed by atoms with E-state index < -0.39 is 0 Å². The maximum atomic E-state index is 5.79. The van der Waals surface area contributed by atoms with E-state index in [0.29, 0.717) is 0 Å². The van der Waals surface area contributed by atoms with Gasteiger partial charge in [0.15, 0.2) is 0 Å². The lowest BCUT2D eigenvalue weighted by Crippen LogP contribution is -2.31. The number of benzene rings is 1. The Bertz CT molecular complexity index is 350. The Morgan fingerprint density at radius 1 is 1.33 bits per heavy atom. The maximum Gasteiger partial charge on any atom is 0.119 e. The normalized spacial score (nSPS) is 20.2. The molecule has 1 N–H and O–H groups in total. The van der Waals surface area contributed by atoms with Gasteiger partial charge in [-0.1, -0.05) is 12.1 Å². The molecule has 0 radical (unpaired) electrons. The molecular formula is C15H24N2O. The minimum Gasteiger partial charge on any atom is -0.492 e. The molecule has 1 heterocycles. The molecule has 3 nitrogen and oxygen atoms in total. The highest BCUT2D eigenvalue weighted by molar-refractivity contribution is 5.27. The molecule has 3 heteroatoms. The molecule has 0 spiro atoms. The number of nitrogens with one attached hydrogen (secondary N) is 1. The van der Waals surface area contributed by atoms with E-state index in [1.54, 1.807) is 0 Å². The number of likely N-dealkylation sites (tertiary alicyclic amines) is 1. The Hall–Kier alpha value is -1.06. The maximum absolute atomic E-state index is 5.79. The highest BCUT2D eigenvalue weighted by atomic mass is 16.5. The Labute approximate surface area is 110 Å². The molecular weight excluding hydrogens is 224 g/mol. The van der Waals surface area contributed by atoms with Crippen LogP contribution in [0.4, 0.5) is 0 Å². The van der Waals surface area contributed by atoms with Crippen LogP contribution in [0, 0.1) is 0 Å². The van der Waals surface area contributed by atoms with Gasteiger partial charge in [0.2, 0.25) is 0 Å². The summed E-state index contributed by atoms with van der Waals surface area (Å²) in [4.78, 5) is 2.51. The SMILES string of the molecule is CNCc1ccc(OCCN2CCCC2C)cc1. The molecule has 2 rings (SSSR count). The predicted octanol–water partition coefficient (Wildman–Crippen LogP) is 2.27. The van der Waals surface area contributed by atoms with Crippen LogP contribution in [0.2, 0.25) is 0 Å². The second kappa shape index (κ2) is 6.76. The van der Waals surface area contributed by atoms with Gasteiger partial charge in [-0.15, -0.1) is 0 Å². The molecule has 100 valence electrons. The molecule has 1 aliphatic rings. The minimum absolute atomic E-state index is 0.728. The van der Waals surface area contributed by atoms with Crippen molar-refractivity contribution in [2.45, 2.75) is 32.4 Å². The van der Waals surface area contributed by atoms with Crippen molar-refractivity contribution in [3.8, 4) is 5.75 Å². The minimum atomic E-state index is 0.728. The smallest absolute Gasteiger partial charge is 0.119 e. The fourth-order valence-electron chi connectivity index (χ4n) is 2.51. The summed E-state index contributed by atoms with van der Waals surface area (Å²) in [6, 6.07) is 9.07. The van der Waals surface area contributed by atoms with Crippen molar-refractivity contribution in [1.82, 2.24) is 10.2 Å². The van der Waals surface area contributed by atoms with Gasteiger partial charge >= 0.3 is 0 Å². The molecule has 0 aromatic heterocycles. The summed E-state index contributed by atoms with van der Waals surface area (Å²) in [5.74, 6) is 0.974. The van der Waals surface area contributed by atoms with Crippen molar-refractivity contribution in [3.05, 3.63) is 29.8 Å². The molecule has 0 saturated carbocycles. The summed E-state index contributed by atoms with van der Waals surface area (Å²) >= 11 is 0. The Morgan fingerprint density at radius 3 is 2.72 bits per heavy atom. The number of nitrogens with zero attached hydrogens (tertiary/aromatic N) is 1. The van der Waals surface area contributed by atoms with Gasteiger partial charge in [-0.3, -0.25) is 4.90 Å². The Morgan fingerprint density at radius 2 is 2.11 bits per heavy atom. The molecule has 1 aromatic rings. The summed E-state index contributed by atoms with van der Waals surface area (Å²) in [6.45, 7) is 6.27. The van der Waals surface area contributed by atoms with Crippen LogP contribution in [0.3, 0.4) is 0 Å². The quantitative estimate of drug-likeness (QED) is 0.836. The van der Waals surface area contributed by atoms with Crippen LogP contribution >= 0.6 is 0 Å². The second-order valence-corrected chi connectivity index (χ2v) is 5.05. The fourth-order valence-corrected chi connectivity index (χ4v) is 2.51. The first-order valence-corrected chi connectivity index (χ1v) is 6.90. The van der Waals surface area contributed by atoms with Crippen LogP contribution in [-0.2, 0) is 6.54 Å². The van der Waals surface area contributed by atoms with Crippen LogP contribution in [0.15, 0.2) is 24.3 Å². The van der Waals surface area contributed by atoms with Crippen LogP contribution in [-0.4, -0.2) is 37.7 Å². The summed E-state index contributed by atoms with van der Waals surface area (Å²) < 4.78 is 5.79. The summed E-state index contributed by atoms with van der Waals surface area (Å²) in [6.07, 6.45) is 2.67. The van der Waals surface area contributed by atoms with E-state index in [-0.39, 0.29) is 0 Å². The van der Waals surface area contributed by atoms with E-state index in [9.17, 15) is 0 Å². The van der Waals surface area contributed by atoms with Gasteiger partial charge in [-0.25, -0.2) is 0 Å². The zero-order valence-electron chi connectivity index (χ0n) is 11.5. The average Bonchev–Trinajstić information content (AvgIpc) is 2.78. The van der Waals surface area contributed by atoms with Crippen LogP contribution < -0.4 is 10.1 Å². The number of rotatable bonds is 6. The van der Waals surface area contributed by atoms with E-state index in [4.69, 9.17) is 4.74 Å². The summed E-state index contributed by atoms with van der Waals surface area (Å²) in [5, 5.41) is 3.14. The zero-order valence-corrected chi connectivity index (χ0v) is 11.5. The van der Waals surface area contributed by atoms with Crippen LogP contribution in [0.25, 0.3) is 0 Å². The first-order valence-electron chi connectivity index (χ1n) is 6.90. The summed E-state index contributed by atoms with van der Waals surface area (Å²) in [5.41, 5.74) is 1.29. The standard InChI is InChI=1S/C15H24N2O/c1-13-4-3-9-17(13)10-11-18-15-7-5-14(6-8-15)12-16-2/h5-8,13,16H,3-4,9-12H2,1-2H3. The van der Waals surface area contributed by atoms with Crippen LogP contribution in [0.5, 0.6) is 5.75 Å². The number of hydrogen-bond donors (Lipinski definition) is 1. The highest BCUT2D eigenvalue weighted by Gasteiger charge is 2.19. The molecule has 1 aliphatic heterocycles. The predicted molar refractivity (Wildman–Crippen MR) is 75.0 cm³/mol. The molecule has 0 amide bonds. The van der Waals surface area contributed by atoms with E-state index >= 15 is 0 Å². The topological polar surface area (TPSA) is 24.5 Å². The molecule has 0 aliphatic carbocycles. The van der Waals surface area contributed by atoms with Crippen molar-refractivity contribution in [2.24, 2.45) is 0 Å². The highest BCUT2D eigenvalue weighted by Crippen LogP contribution is 2.16. The molecule has 1 aromatic carbocycles. The van der Waals surface area contributed by atoms with Crippen molar-refractivity contribution in [2.75, 3.05) is 26.7 Å². The molecule has 1 fully saturated rings. The van der Waals surface area contributed by atoms with E-state index in [0.717, 1.165) is 31.5 Å². The first-order chi connectivity index (χ1) is 8.79. The van der Waals surface area contributed by atoms with Crippen molar-refractivity contribution in [3.63, 3.8) is 0 Å². The van der Waals surface area contributed by atoms with Crippen molar-refractivity contribution < 1.29 is 4.74 Å². The van der Waals surface area contributed by atoms with Gasteiger partial charge < -0.3 is 10.1 Å². The zero-order chi connectivity index (χ0) is 12.8. The molecule has 1 saturated heterocycles. The largest absolute Gasteiger partial charge is 0.492 e. The van der Waals surface area contributed by atoms with Gasteiger partial charge in [0.1, 0.15) is 12.4 Å². The lowest BCUT2D eigenvalue weighted by molar-refractivity contribution is 0.204. The monoisotopic (exact) mass is 248 g/mol. The molecule has 18 heavy (non-hydrogen) atoms. The van der Waals surface area contributed by atoms with Crippen molar-refractivity contribution >= 4 is 0 Å². The van der Waals surface area contributed by atoms with E-state index in [2.05, 4.69) is 41.4 Å². The molecule has 1 atom stereocenters. The van der Waals surface area contributed by atoms with E-state index in [1.807, 2.05) is 7.05 Å². The van der Waals surface area contributed by atoms with Gasteiger partial charge in [-0.2, -0.15) is 0 Å². The van der Waals surface area contributed by atoms with Crippen molar-refractivity contribution in [1.29, 1.82) is 0 Å². The molecule has 1 unspecified atom stereocenters. The fraction of sp³-hybridized carbons (Fsp3) is 0.600. The molecule has 0 bridgehead atoms. The third-order valence-corrected chi connectivity index (χ3v) is 3.64. The Balaban J connectivity index is 1.72. The second-order valence-electron chi connectivity index (χ2n) is 5.05. The summed E-state index contributed by atoms with van der Waals surface area (Å²) in [7, 11) is 1.96. The van der Waals surface area contributed by atoms with Gasteiger partial charge in [0.05, 0.1) is 0 Å². The van der Waals surface area contributed by atoms with E-state index in [1.165, 1.54) is 24.9 Å². The van der Waals surface area contributed by atoms with Gasteiger partial charge in [0, 0.05) is 19.1 Å². The number of hydrogen-bond acceptors (Lipinski definition) is 3. The lowest BCUT2D eigenvalue weighted by atomic mass is 10.2. The van der Waals surface area contributed by atoms with Crippen LogP contribution in [0.1, 0.15) is 25.3 Å². The average molecular weight is 248 g/mol. The third kappa shape index (κ3) is 3.72. The first kappa shape index (κ1) is 13.4. The van der Waals surface area contributed by atoms with Gasteiger partial charge in [-0.05, 0) is 51.1 Å². The number of ether oxygens (including phenoxy) is 1. The van der Waals surface area contributed by atoms with Gasteiger partial charge in [0.25, 0.3) is 0 Å². The third-order valence-electron chi connectivity index (χ3n) is 3.64. The Kier molecular flexibility index (Phi) is 5.02.